The maximum Gasteiger partial charge on any atom is 0.191 e. The number of aliphatic imine (C=N–C) groups is 1. The number of nitrogens with zero attached hydrogens (tertiary/aromatic N) is 1. The van der Waals surface area contributed by atoms with Crippen LogP contribution in [0.2, 0.25) is 0 Å². The van der Waals surface area contributed by atoms with Gasteiger partial charge in [-0.25, -0.2) is 0 Å². The molecule has 0 saturated heterocycles. The number of guanidine groups is 1. The molecular formula is C8H17N3S. The highest BCUT2D eigenvalue weighted by Gasteiger charge is 2.11. The molecule has 1 rings (SSSR count). The normalized spacial score (nSPS) is 24.6. The van der Waals surface area contributed by atoms with E-state index >= 15 is 0 Å². The molecule has 1 heterocycles. The number of nitrogens with one attached hydrogen (secondary N) is 2. The summed E-state index contributed by atoms with van der Waals surface area (Å²) in [7, 11) is 0. The standard InChI is InChI=1S/C8H17N3S/c1-6-4-9-8(11-6)10-5-7(2)12-3/h6-7H,4-5H2,1-3H3,(H2,9,10,11). The molecule has 3 nitrogen and oxygen atoms in total. The second-order valence-corrected chi connectivity index (χ2v) is 4.44. The molecule has 0 amide bonds. The second-order valence-electron chi connectivity index (χ2n) is 3.16. The topological polar surface area (TPSA) is 36.4 Å². The molecule has 0 spiro atoms. The summed E-state index contributed by atoms with van der Waals surface area (Å²) in [5.74, 6) is 0.961. The van der Waals surface area contributed by atoms with Crippen molar-refractivity contribution in [1.82, 2.24) is 10.6 Å². The average Bonchev–Trinajstić information content (AvgIpc) is 2.47. The molecule has 2 atom stereocenters. The van der Waals surface area contributed by atoms with Crippen LogP contribution < -0.4 is 10.6 Å². The highest BCUT2D eigenvalue weighted by Crippen LogP contribution is 2.02. The first kappa shape index (κ1) is 9.71. The molecule has 0 bridgehead atoms. The molecule has 0 aliphatic carbocycles. The Hall–Kier alpha value is -0.380. The van der Waals surface area contributed by atoms with Crippen molar-refractivity contribution >= 4 is 17.7 Å². The van der Waals surface area contributed by atoms with Gasteiger partial charge in [-0.3, -0.25) is 4.99 Å². The van der Waals surface area contributed by atoms with Gasteiger partial charge in [0, 0.05) is 17.8 Å². The Labute approximate surface area is 78.4 Å². The van der Waals surface area contributed by atoms with Crippen LogP contribution in [0.25, 0.3) is 0 Å². The zero-order valence-corrected chi connectivity index (χ0v) is 8.74. The van der Waals surface area contributed by atoms with Gasteiger partial charge in [0.2, 0.25) is 0 Å². The van der Waals surface area contributed by atoms with Crippen molar-refractivity contribution in [2.24, 2.45) is 4.99 Å². The maximum absolute atomic E-state index is 4.31. The van der Waals surface area contributed by atoms with Gasteiger partial charge in [-0.2, -0.15) is 11.8 Å². The van der Waals surface area contributed by atoms with Crippen LogP contribution in [0.1, 0.15) is 13.8 Å². The molecule has 4 heteroatoms. The smallest absolute Gasteiger partial charge is 0.191 e. The van der Waals surface area contributed by atoms with Gasteiger partial charge in [0.15, 0.2) is 5.96 Å². The highest BCUT2D eigenvalue weighted by atomic mass is 32.2. The lowest BCUT2D eigenvalue weighted by Gasteiger charge is -2.11. The Morgan fingerprint density at radius 1 is 1.83 bits per heavy atom. The molecule has 0 saturated carbocycles. The van der Waals surface area contributed by atoms with E-state index in [1.165, 1.54) is 0 Å². The van der Waals surface area contributed by atoms with E-state index in [0.29, 0.717) is 11.3 Å². The van der Waals surface area contributed by atoms with Crippen LogP contribution in [0, 0.1) is 0 Å². The summed E-state index contributed by atoms with van der Waals surface area (Å²) in [6, 6.07) is 0.497. The van der Waals surface area contributed by atoms with Crippen LogP contribution in [0.5, 0.6) is 0 Å². The molecule has 2 N–H and O–H groups in total. The van der Waals surface area contributed by atoms with Gasteiger partial charge in [-0.1, -0.05) is 6.92 Å². The summed E-state index contributed by atoms with van der Waals surface area (Å²) in [6.07, 6.45) is 2.12. The predicted molar refractivity (Wildman–Crippen MR) is 55.9 cm³/mol. The number of thioether (sulfide) groups is 1. The summed E-state index contributed by atoms with van der Waals surface area (Å²) in [4.78, 5) is 4.31. The Morgan fingerprint density at radius 3 is 3.08 bits per heavy atom. The van der Waals surface area contributed by atoms with E-state index in [4.69, 9.17) is 0 Å². The fourth-order valence-corrected chi connectivity index (χ4v) is 1.23. The lowest BCUT2D eigenvalue weighted by molar-refractivity contribution is 0.712. The molecule has 70 valence electrons. The third-order valence-corrected chi connectivity index (χ3v) is 2.84. The molecule has 12 heavy (non-hydrogen) atoms. The summed E-state index contributed by atoms with van der Waals surface area (Å²) in [5.41, 5.74) is 0. The fraction of sp³-hybridized carbons (Fsp3) is 0.875. The summed E-state index contributed by atoms with van der Waals surface area (Å²) in [5, 5.41) is 7.19. The first-order valence-corrected chi connectivity index (χ1v) is 5.59. The first-order chi connectivity index (χ1) is 5.72. The zero-order chi connectivity index (χ0) is 8.97. The molecule has 0 radical (unpaired) electrons. The van der Waals surface area contributed by atoms with Crippen LogP contribution in [0.15, 0.2) is 4.99 Å². The molecule has 0 aromatic carbocycles. The van der Waals surface area contributed by atoms with Crippen LogP contribution in [-0.4, -0.2) is 36.6 Å². The van der Waals surface area contributed by atoms with Crippen molar-refractivity contribution in [3.05, 3.63) is 0 Å². The summed E-state index contributed by atoms with van der Waals surface area (Å²) in [6.45, 7) is 6.22. The van der Waals surface area contributed by atoms with E-state index in [9.17, 15) is 0 Å². The second kappa shape index (κ2) is 4.60. The molecular weight excluding hydrogens is 170 g/mol. The van der Waals surface area contributed by atoms with Crippen molar-refractivity contribution in [3.8, 4) is 0 Å². The van der Waals surface area contributed by atoms with Crippen molar-refractivity contribution in [2.45, 2.75) is 25.1 Å². The van der Waals surface area contributed by atoms with Gasteiger partial charge in [-0.05, 0) is 13.2 Å². The fourth-order valence-electron chi connectivity index (χ4n) is 0.984. The van der Waals surface area contributed by atoms with E-state index in [-0.39, 0.29) is 0 Å². The average molecular weight is 187 g/mol. The van der Waals surface area contributed by atoms with Crippen LogP contribution >= 0.6 is 11.8 Å². The van der Waals surface area contributed by atoms with Crippen molar-refractivity contribution in [3.63, 3.8) is 0 Å². The van der Waals surface area contributed by atoms with Gasteiger partial charge < -0.3 is 10.6 Å². The Kier molecular flexibility index (Phi) is 3.72. The van der Waals surface area contributed by atoms with Gasteiger partial charge >= 0.3 is 0 Å². The lowest BCUT2D eigenvalue weighted by Crippen LogP contribution is -2.39. The van der Waals surface area contributed by atoms with E-state index in [0.717, 1.165) is 19.0 Å². The molecule has 1 aliphatic heterocycles. The van der Waals surface area contributed by atoms with Gasteiger partial charge in [0.1, 0.15) is 0 Å². The molecule has 0 aromatic rings. The first-order valence-electron chi connectivity index (χ1n) is 4.30. The van der Waals surface area contributed by atoms with E-state index in [1.807, 2.05) is 11.8 Å². The largest absolute Gasteiger partial charge is 0.355 e. The van der Waals surface area contributed by atoms with Gasteiger partial charge in [0.05, 0.1) is 6.54 Å². The van der Waals surface area contributed by atoms with Crippen LogP contribution in [0.4, 0.5) is 0 Å². The monoisotopic (exact) mass is 187 g/mol. The number of rotatable bonds is 3. The minimum atomic E-state index is 0.497. The number of hydrogen-bond acceptors (Lipinski definition) is 4. The maximum atomic E-state index is 4.31. The van der Waals surface area contributed by atoms with Gasteiger partial charge in [0.25, 0.3) is 0 Å². The molecule has 0 fully saturated rings. The number of hydrogen-bond donors (Lipinski definition) is 2. The van der Waals surface area contributed by atoms with E-state index < -0.39 is 0 Å². The quantitative estimate of drug-likeness (QED) is 0.682. The SMILES string of the molecule is CSC(C)CNC1=NCC(C)N1. The third-order valence-electron chi connectivity index (χ3n) is 1.87. The summed E-state index contributed by atoms with van der Waals surface area (Å²) >= 11 is 1.86. The zero-order valence-electron chi connectivity index (χ0n) is 7.92. The predicted octanol–water partition coefficient (Wildman–Crippen LogP) is 0.675. The van der Waals surface area contributed by atoms with Crippen molar-refractivity contribution in [1.29, 1.82) is 0 Å². The van der Waals surface area contributed by atoms with Crippen molar-refractivity contribution < 1.29 is 0 Å². The molecule has 2 unspecified atom stereocenters. The van der Waals surface area contributed by atoms with E-state index in [2.05, 4.69) is 35.7 Å². The minimum Gasteiger partial charge on any atom is -0.355 e. The van der Waals surface area contributed by atoms with Crippen LogP contribution in [-0.2, 0) is 0 Å². The van der Waals surface area contributed by atoms with Crippen molar-refractivity contribution in [2.75, 3.05) is 19.3 Å². The summed E-state index contributed by atoms with van der Waals surface area (Å²) < 4.78 is 0. The highest BCUT2D eigenvalue weighted by molar-refractivity contribution is 7.99. The Morgan fingerprint density at radius 2 is 2.58 bits per heavy atom. The molecule has 1 aliphatic rings. The molecule has 0 aromatic heterocycles. The Bertz CT molecular complexity index is 170. The van der Waals surface area contributed by atoms with E-state index in [1.54, 1.807) is 0 Å². The van der Waals surface area contributed by atoms with Gasteiger partial charge in [-0.15, -0.1) is 0 Å². The lowest BCUT2D eigenvalue weighted by atomic mass is 10.4. The third kappa shape index (κ3) is 2.93. The van der Waals surface area contributed by atoms with Crippen LogP contribution in [0.3, 0.4) is 0 Å². The minimum absolute atomic E-state index is 0.497. The Balaban J connectivity index is 2.16.